The maximum atomic E-state index is 13.0. The minimum Gasteiger partial charge on any atom is -0.478 e. The lowest BCUT2D eigenvalue weighted by atomic mass is 9.83. The highest BCUT2D eigenvalue weighted by Gasteiger charge is 2.41. The Morgan fingerprint density at radius 3 is 2.38 bits per heavy atom. The van der Waals surface area contributed by atoms with E-state index in [-0.39, 0.29) is 18.7 Å². The summed E-state index contributed by atoms with van der Waals surface area (Å²) in [7, 11) is 0. The average molecular weight is 422 g/mol. The minimum atomic E-state index is -1.83. The summed E-state index contributed by atoms with van der Waals surface area (Å²) < 4.78 is 0. The van der Waals surface area contributed by atoms with E-state index in [1.54, 1.807) is 30.3 Å². The van der Waals surface area contributed by atoms with Gasteiger partial charge in [-0.05, 0) is 24.5 Å². The molecular weight excluding hydrogens is 390 g/mol. The van der Waals surface area contributed by atoms with E-state index in [2.05, 4.69) is 23.3 Å². The molecule has 1 fully saturated rings. The first-order valence-electron chi connectivity index (χ1n) is 10.1. The van der Waals surface area contributed by atoms with Gasteiger partial charge in [0.2, 0.25) is 17.5 Å². The zero-order valence-electron chi connectivity index (χ0n) is 16.6. The predicted molar refractivity (Wildman–Crippen MR) is 116 cm³/mol. The van der Waals surface area contributed by atoms with Crippen LogP contribution < -0.4 is 16.4 Å². The van der Waals surface area contributed by atoms with Crippen molar-refractivity contribution in [3.8, 4) is 0 Å². The number of aliphatic carboxylic acids is 1. The maximum Gasteiger partial charge on any atom is 0.350 e. The quantitative estimate of drug-likeness (QED) is 0.278. The Morgan fingerprint density at radius 2 is 1.83 bits per heavy atom. The van der Waals surface area contributed by atoms with Crippen molar-refractivity contribution in [2.75, 3.05) is 11.1 Å². The topological polar surface area (TPSA) is 122 Å². The van der Waals surface area contributed by atoms with Crippen molar-refractivity contribution in [3.63, 3.8) is 0 Å². The van der Waals surface area contributed by atoms with E-state index >= 15 is 0 Å². The van der Waals surface area contributed by atoms with Gasteiger partial charge in [-0.1, -0.05) is 50.3 Å². The molecule has 5 N–H and O–H groups in total. The number of nitrogens with two attached hydrogens (primary N) is 1. The van der Waals surface area contributed by atoms with E-state index in [9.17, 15) is 19.5 Å². The Morgan fingerprint density at radius 1 is 1.17 bits per heavy atom. The van der Waals surface area contributed by atoms with E-state index in [0.29, 0.717) is 23.8 Å². The molecule has 1 aliphatic carbocycles. The molecule has 1 saturated carbocycles. The fourth-order valence-electron chi connectivity index (χ4n) is 3.85. The Hall–Kier alpha value is -2.22. The molecule has 0 spiro atoms. The number of hydrogen-bond donors (Lipinski definition) is 5. The molecule has 0 aromatic heterocycles. The van der Waals surface area contributed by atoms with E-state index in [4.69, 9.17) is 5.73 Å². The molecule has 0 saturated heterocycles. The molecular formula is C21H31N3O4S. The fourth-order valence-corrected chi connectivity index (χ4v) is 4.17. The van der Waals surface area contributed by atoms with Crippen molar-refractivity contribution in [3.05, 3.63) is 30.3 Å². The largest absolute Gasteiger partial charge is 0.478 e. The number of primary amides is 1. The Balaban J connectivity index is 2.19. The number of carboxylic acids is 1. The van der Waals surface area contributed by atoms with Crippen molar-refractivity contribution >= 4 is 36.1 Å². The number of para-hydroxylation sites is 1. The second-order valence-electron chi connectivity index (χ2n) is 7.78. The standard InChI is InChI=1S/C21H31N3O4S/c22-18(25)11-12-21(20(27)28,23-17-9-5-2-6-10-17)24-19(26)16(14-29)13-15-7-3-1-4-8-15/h2,5-6,9-10,15-16,23,29H,1,3-4,7-8,11-14H2,(H2,22,25)(H,24,26)(H,27,28)/t16?,21-/m0/s1. The van der Waals surface area contributed by atoms with Gasteiger partial charge in [-0.15, -0.1) is 0 Å². The van der Waals surface area contributed by atoms with E-state index in [0.717, 1.165) is 12.8 Å². The number of hydrogen-bond acceptors (Lipinski definition) is 5. The van der Waals surface area contributed by atoms with E-state index in [1.165, 1.54) is 19.3 Å². The van der Waals surface area contributed by atoms with Gasteiger partial charge in [-0.25, -0.2) is 4.79 Å². The zero-order chi connectivity index (χ0) is 21.3. The summed E-state index contributed by atoms with van der Waals surface area (Å²) >= 11 is 4.34. The Labute approximate surface area is 177 Å². The summed E-state index contributed by atoms with van der Waals surface area (Å²) in [6.07, 6.45) is 6.08. The number of carbonyl (C=O) groups excluding carboxylic acids is 2. The van der Waals surface area contributed by atoms with Gasteiger partial charge >= 0.3 is 5.97 Å². The molecule has 29 heavy (non-hydrogen) atoms. The van der Waals surface area contributed by atoms with Gasteiger partial charge in [-0.3, -0.25) is 9.59 Å². The predicted octanol–water partition coefficient (Wildman–Crippen LogP) is 2.78. The number of benzene rings is 1. The van der Waals surface area contributed by atoms with Crippen molar-refractivity contribution < 1.29 is 19.5 Å². The summed E-state index contributed by atoms with van der Waals surface area (Å²) in [6.45, 7) is 0. The average Bonchev–Trinajstić information content (AvgIpc) is 2.71. The first-order valence-corrected chi connectivity index (χ1v) is 10.8. The normalized spacial score (nSPS) is 17.7. The van der Waals surface area contributed by atoms with Gasteiger partial charge in [-0.2, -0.15) is 12.6 Å². The van der Waals surface area contributed by atoms with Crippen molar-refractivity contribution in [2.24, 2.45) is 17.6 Å². The van der Waals surface area contributed by atoms with Gasteiger partial charge in [0.15, 0.2) is 0 Å². The van der Waals surface area contributed by atoms with Gasteiger partial charge in [0, 0.05) is 30.2 Å². The maximum absolute atomic E-state index is 13.0. The van der Waals surface area contributed by atoms with Crippen LogP contribution in [0, 0.1) is 11.8 Å². The highest BCUT2D eigenvalue weighted by atomic mass is 32.1. The molecule has 1 aromatic carbocycles. The van der Waals surface area contributed by atoms with E-state index < -0.39 is 23.5 Å². The smallest absolute Gasteiger partial charge is 0.350 e. The summed E-state index contributed by atoms with van der Waals surface area (Å²) in [5.41, 5.74) is 3.94. The number of rotatable bonds is 11. The highest BCUT2D eigenvalue weighted by Crippen LogP contribution is 2.30. The molecule has 0 aliphatic heterocycles. The number of nitrogens with one attached hydrogen (secondary N) is 2. The van der Waals surface area contributed by atoms with Crippen molar-refractivity contribution in [2.45, 2.75) is 57.0 Å². The molecule has 1 aromatic rings. The summed E-state index contributed by atoms with van der Waals surface area (Å²) in [4.78, 5) is 36.6. The summed E-state index contributed by atoms with van der Waals surface area (Å²) in [5, 5.41) is 15.5. The van der Waals surface area contributed by atoms with Gasteiger partial charge in [0.25, 0.3) is 0 Å². The van der Waals surface area contributed by atoms with Gasteiger partial charge in [0.1, 0.15) is 0 Å². The molecule has 2 amide bonds. The van der Waals surface area contributed by atoms with Crippen LogP contribution in [-0.2, 0) is 14.4 Å². The third kappa shape index (κ3) is 6.96. The molecule has 160 valence electrons. The first kappa shape index (κ1) is 23.1. The molecule has 2 rings (SSSR count). The monoisotopic (exact) mass is 421 g/mol. The number of anilines is 1. The molecule has 2 atom stereocenters. The molecule has 1 unspecified atom stereocenters. The lowest BCUT2D eigenvalue weighted by molar-refractivity contribution is -0.147. The van der Waals surface area contributed by atoms with Crippen molar-refractivity contribution in [1.29, 1.82) is 0 Å². The van der Waals surface area contributed by atoms with Crippen LogP contribution in [0.3, 0.4) is 0 Å². The third-order valence-corrected chi connectivity index (χ3v) is 5.95. The Bertz CT molecular complexity index is 694. The number of carboxylic acid groups (broad SMARTS) is 1. The van der Waals surface area contributed by atoms with Crippen molar-refractivity contribution in [1.82, 2.24) is 5.32 Å². The lowest BCUT2D eigenvalue weighted by Gasteiger charge is -2.34. The van der Waals surface area contributed by atoms with Crippen LogP contribution in [0.25, 0.3) is 0 Å². The van der Waals surface area contributed by atoms with Gasteiger partial charge < -0.3 is 21.5 Å². The van der Waals surface area contributed by atoms with Gasteiger partial charge in [0.05, 0.1) is 0 Å². The van der Waals surface area contributed by atoms with Crippen LogP contribution in [0.1, 0.15) is 51.4 Å². The van der Waals surface area contributed by atoms with Crippen LogP contribution in [0.2, 0.25) is 0 Å². The number of carbonyl (C=O) groups is 3. The number of amides is 2. The fraction of sp³-hybridized carbons (Fsp3) is 0.571. The first-order chi connectivity index (χ1) is 13.9. The summed E-state index contributed by atoms with van der Waals surface area (Å²) in [5.74, 6) is -1.89. The van der Waals surface area contributed by atoms with E-state index in [1.807, 2.05) is 0 Å². The Kier molecular flexibility index (Phi) is 8.82. The second kappa shape index (κ2) is 11.1. The molecule has 8 heteroatoms. The molecule has 0 heterocycles. The van der Waals surface area contributed by atoms with Crippen LogP contribution in [0.5, 0.6) is 0 Å². The molecule has 0 bridgehead atoms. The van der Waals surface area contributed by atoms with Crippen LogP contribution >= 0.6 is 12.6 Å². The van der Waals surface area contributed by atoms with Crippen LogP contribution in [0.4, 0.5) is 5.69 Å². The molecule has 0 radical (unpaired) electrons. The molecule has 1 aliphatic rings. The zero-order valence-corrected chi connectivity index (χ0v) is 17.5. The lowest BCUT2D eigenvalue weighted by Crippen LogP contribution is -2.61. The minimum absolute atomic E-state index is 0.166. The highest BCUT2D eigenvalue weighted by molar-refractivity contribution is 7.80. The van der Waals surface area contributed by atoms with Crippen LogP contribution in [0.15, 0.2) is 30.3 Å². The van der Waals surface area contributed by atoms with Crippen LogP contribution in [-0.4, -0.2) is 34.3 Å². The second-order valence-corrected chi connectivity index (χ2v) is 8.14. The molecule has 7 nitrogen and oxygen atoms in total. The number of thiol groups is 1. The summed E-state index contributed by atoms with van der Waals surface area (Å²) in [6, 6.07) is 8.71. The third-order valence-electron chi connectivity index (χ3n) is 5.51. The SMILES string of the molecule is NC(=O)CC[C@@](NC(=O)C(CS)CC1CCCCC1)(Nc1ccccc1)C(=O)O.